The second-order valence-electron chi connectivity index (χ2n) is 6.08. The van der Waals surface area contributed by atoms with Crippen molar-refractivity contribution in [1.82, 2.24) is 15.5 Å². The Kier molecular flexibility index (Phi) is 8.26. The molecule has 5 nitrogen and oxygen atoms in total. The Bertz CT molecular complexity index is 334. The van der Waals surface area contributed by atoms with Gasteiger partial charge in [-0.25, -0.2) is 0 Å². The Morgan fingerprint density at radius 2 is 2.05 bits per heavy atom. The second kappa shape index (κ2) is 9.15. The number of aliphatic hydroxyl groups is 1. The fourth-order valence-corrected chi connectivity index (χ4v) is 3.07. The van der Waals surface area contributed by atoms with Gasteiger partial charge >= 0.3 is 0 Å². The van der Waals surface area contributed by atoms with Crippen molar-refractivity contribution in [2.45, 2.75) is 57.6 Å². The zero-order chi connectivity index (χ0) is 14.4. The number of likely N-dealkylation sites (tertiary alicyclic amines) is 1. The fraction of sp³-hybridized carbons (Fsp3) is 0.933. The minimum Gasteiger partial charge on any atom is -0.388 e. The zero-order valence-corrected chi connectivity index (χ0v) is 15.7. The fourth-order valence-electron chi connectivity index (χ4n) is 3.07. The number of likely N-dealkylation sites (N-methyl/N-ethyl adjacent to an activating group) is 1. The molecule has 1 aliphatic heterocycles. The molecule has 21 heavy (non-hydrogen) atoms. The van der Waals surface area contributed by atoms with Gasteiger partial charge in [0.2, 0.25) is 0 Å². The minimum atomic E-state index is -0.537. The van der Waals surface area contributed by atoms with E-state index in [1.54, 1.807) is 0 Å². The van der Waals surface area contributed by atoms with Crippen molar-refractivity contribution >= 4 is 29.9 Å². The van der Waals surface area contributed by atoms with E-state index in [-0.39, 0.29) is 24.0 Å². The maximum absolute atomic E-state index is 10.1. The summed E-state index contributed by atoms with van der Waals surface area (Å²) in [5, 5.41) is 16.8. The molecule has 1 aliphatic carbocycles. The quantitative estimate of drug-likeness (QED) is 0.354. The van der Waals surface area contributed by atoms with E-state index >= 15 is 0 Å². The molecule has 2 aliphatic rings. The molecule has 1 saturated heterocycles. The van der Waals surface area contributed by atoms with Crippen LogP contribution in [-0.2, 0) is 0 Å². The molecular weight excluding hydrogens is 379 g/mol. The van der Waals surface area contributed by atoms with E-state index in [1.807, 2.05) is 0 Å². The lowest BCUT2D eigenvalue weighted by Crippen LogP contribution is -2.46. The third-order valence-corrected chi connectivity index (χ3v) is 4.57. The summed E-state index contributed by atoms with van der Waals surface area (Å²) < 4.78 is 0. The predicted molar refractivity (Wildman–Crippen MR) is 98.5 cm³/mol. The summed E-state index contributed by atoms with van der Waals surface area (Å²) >= 11 is 0. The number of halogens is 1. The van der Waals surface area contributed by atoms with E-state index in [2.05, 4.69) is 34.4 Å². The van der Waals surface area contributed by atoms with Gasteiger partial charge in [0.15, 0.2) is 5.96 Å². The van der Waals surface area contributed by atoms with Crippen molar-refractivity contribution in [2.75, 3.05) is 32.7 Å². The van der Waals surface area contributed by atoms with E-state index in [4.69, 9.17) is 0 Å². The predicted octanol–water partition coefficient (Wildman–Crippen LogP) is 1.56. The van der Waals surface area contributed by atoms with Crippen molar-refractivity contribution in [3.63, 3.8) is 0 Å². The first-order chi connectivity index (χ1) is 9.67. The first-order valence-corrected chi connectivity index (χ1v) is 8.15. The average Bonchev–Trinajstić information content (AvgIpc) is 2.87. The Labute approximate surface area is 146 Å². The van der Waals surface area contributed by atoms with Gasteiger partial charge in [-0.15, -0.1) is 24.0 Å². The molecule has 1 saturated carbocycles. The molecule has 1 heterocycles. The first kappa shape index (κ1) is 19.0. The Morgan fingerprint density at radius 3 is 2.62 bits per heavy atom. The van der Waals surface area contributed by atoms with E-state index in [1.165, 1.54) is 19.4 Å². The Morgan fingerprint density at radius 1 is 1.29 bits per heavy atom. The normalized spacial score (nSPS) is 25.1. The molecule has 0 aromatic heterocycles. The maximum atomic E-state index is 10.1. The van der Waals surface area contributed by atoms with Crippen LogP contribution in [0.2, 0.25) is 0 Å². The van der Waals surface area contributed by atoms with Gasteiger partial charge in [0.1, 0.15) is 0 Å². The van der Waals surface area contributed by atoms with Crippen LogP contribution in [0, 0.1) is 0 Å². The van der Waals surface area contributed by atoms with Crippen LogP contribution in [-0.4, -0.2) is 60.3 Å². The number of guanidine groups is 1. The average molecular weight is 410 g/mol. The van der Waals surface area contributed by atoms with Crippen molar-refractivity contribution in [2.24, 2.45) is 4.99 Å². The highest BCUT2D eigenvalue weighted by atomic mass is 127. The highest BCUT2D eigenvalue weighted by Gasteiger charge is 2.34. The van der Waals surface area contributed by atoms with Crippen molar-refractivity contribution in [3.05, 3.63) is 0 Å². The van der Waals surface area contributed by atoms with Gasteiger partial charge < -0.3 is 15.7 Å². The third kappa shape index (κ3) is 5.56. The van der Waals surface area contributed by atoms with Gasteiger partial charge in [0.05, 0.1) is 12.1 Å². The molecule has 2 fully saturated rings. The van der Waals surface area contributed by atoms with E-state index in [0.29, 0.717) is 12.6 Å². The summed E-state index contributed by atoms with van der Waals surface area (Å²) in [5.74, 6) is 0.843. The summed E-state index contributed by atoms with van der Waals surface area (Å²) in [6.45, 7) is 8.96. The van der Waals surface area contributed by atoms with Gasteiger partial charge in [-0.3, -0.25) is 9.89 Å². The number of hydrogen-bond donors (Lipinski definition) is 3. The number of aliphatic imine (C=N–C) groups is 1. The number of rotatable bonds is 6. The Hall–Kier alpha value is -0.0800. The van der Waals surface area contributed by atoms with Crippen LogP contribution in [0.4, 0.5) is 0 Å². The molecule has 1 atom stereocenters. The van der Waals surface area contributed by atoms with Gasteiger partial charge in [0, 0.05) is 19.1 Å². The van der Waals surface area contributed by atoms with Gasteiger partial charge in [-0.1, -0.05) is 6.92 Å². The molecule has 0 aromatic rings. The van der Waals surface area contributed by atoms with Gasteiger partial charge in [-0.2, -0.15) is 0 Å². The molecule has 0 amide bonds. The number of nitrogens with one attached hydrogen (secondary N) is 2. The number of nitrogens with zero attached hydrogens (tertiary/aromatic N) is 2. The molecule has 0 bridgehead atoms. The monoisotopic (exact) mass is 410 g/mol. The molecule has 0 spiro atoms. The Balaban J connectivity index is 0.00000220. The lowest BCUT2D eigenvalue weighted by Gasteiger charge is -2.35. The van der Waals surface area contributed by atoms with E-state index < -0.39 is 5.60 Å². The van der Waals surface area contributed by atoms with Crippen LogP contribution in [0.3, 0.4) is 0 Å². The molecule has 2 rings (SSSR count). The number of hydrogen-bond acceptors (Lipinski definition) is 3. The van der Waals surface area contributed by atoms with Gasteiger partial charge in [-0.05, 0) is 52.1 Å². The smallest absolute Gasteiger partial charge is 0.191 e. The molecule has 3 N–H and O–H groups in total. The lowest BCUT2D eigenvalue weighted by atomic mass is 9.80. The van der Waals surface area contributed by atoms with Crippen LogP contribution in [0.5, 0.6) is 0 Å². The van der Waals surface area contributed by atoms with Crippen LogP contribution < -0.4 is 10.6 Å². The topological polar surface area (TPSA) is 59.9 Å². The van der Waals surface area contributed by atoms with Crippen LogP contribution in [0.25, 0.3) is 0 Å². The summed E-state index contributed by atoms with van der Waals surface area (Å²) in [6.07, 6.45) is 5.48. The zero-order valence-electron chi connectivity index (χ0n) is 13.4. The first-order valence-electron chi connectivity index (χ1n) is 8.15. The highest BCUT2D eigenvalue weighted by Crippen LogP contribution is 2.31. The molecule has 0 radical (unpaired) electrons. The summed E-state index contributed by atoms with van der Waals surface area (Å²) in [7, 11) is 0. The minimum absolute atomic E-state index is 0. The van der Waals surface area contributed by atoms with Crippen molar-refractivity contribution in [3.8, 4) is 0 Å². The van der Waals surface area contributed by atoms with Crippen LogP contribution in [0.15, 0.2) is 4.99 Å². The SMILES string of the molecule is CCNC(=NCC1(O)CCC1)NCC1CCCN1CC.I. The molecule has 1 unspecified atom stereocenters. The molecule has 6 heteroatoms. The molecule has 124 valence electrons. The van der Waals surface area contributed by atoms with Crippen molar-refractivity contribution < 1.29 is 5.11 Å². The summed E-state index contributed by atoms with van der Waals surface area (Å²) in [6, 6.07) is 0.621. The maximum Gasteiger partial charge on any atom is 0.191 e. The largest absolute Gasteiger partial charge is 0.388 e. The second-order valence-corrected chi connectivity index (χ2v) is 6.08. The standard InChI is InChI=1S/C15H30N4O.HI/c1-3-16-14(18-12-15(20)8-6-9-15)17-11-13-7-5-10-19(13)4-2;/h13,20H,3-12H2,1-2H3,(H2,16,17,18);1H. The third-order valence-electron chi connectivity index (χ3n) is 4.57. The van der Waals surface area contributed by atoms with Gasteiger partial charge in [0.25, 0.3) is 0 Å². The van der Waals surface area contributed by atoms with E-state index in [9.17, 15) is 5.11 Å². The summed E-state index contributed by atoms with van der Waals surface area (Å²) in [4.78, 5) is 7.07. The molecular formula is C15H31IN4O. The lowest BCUT2D eigenvalue weighted by molar-refractivity contribution is -0.0236. The van der Waals surface area contributed by atoms with E-state index in [0.717, 1.165) is 44.9 Å². The highest BCUT2D eigenvalue weighted by molar-refractivity contribution is 14.0. The molecule has 0 aromatic carbocycles. The summed E-state index contributed by atoms with van der Waals surface area (Å²) in [5.41, 5.74) is -0.537. The van der Waals surface area contributed by atoms with Crippen molar-refractivity contribution in [1.29, 1.82) is 0 Å². The van der Waals surface area contributed by atoms with Crippen LogP contribution in [0.1, 0.15) is 46.0 Å². The van der Waals surface area contributed by atoms with Crippen LogP contribution >= 0.6 is 24.0 Å².